The quantitative estimate of drug-likeness (QED) is 0.293. The fourth-order valence-corrected chi connectivity index (χ4v) is 4.22. The minimum Gasteiger partial charge on any atom is -0.487 e. The van der Waals surface area contributed by atoms with E-state index < -0.39 is 17.8 Å². The van der Waals surface area contributed by atoms with Gasteiger partial charge in [-0.15, -0.1) is 0 Å². The molecule has 0 aromatic heterocycles. The summed E-state index contributed by atoms with van der Waals surface area (Å²) >= 11 is 15.6. The number of anilines is 1. The molecule has 0 radical (unpaired) electrons. The van der Waals surface area contributed by atoms with Crippen LogP contribution in [-0.2, 0) is 16.2 Å². The molecule has 3 aromatic rings. The van der Waals surface area contributed by atoms with Crippen molar-refractivity contribution in [3.05, 3.63) is 97.4 Å². The smallest absolute Gasteiger partial charge is 0.335 e. The summed E-state index contributed by atoms with van der Waals surface area (Å²) in [6.45, 7) is 2.06. The molecule has 0 saturated carbocycles. The van der Waals surface area contributed by atoms with Crippen LogP contribution in [0.15, 0.2) is 70.7 Å². The van der Waals surface area contributed by atoms with Crippen molar-refractivity contribution in [3.63, 3.8) is 0 Å². The van der Waals surface area contributed by atoms with E-state index in [1.54, 1.807) is 55.5 Å². The Morgan fingerprint density at radius 2 is 1.74 bits per heavy atom. The van der Waals surface area contributed by atoms with Gasteiger partial charge < -0.3 is 4.74 Å². The number of barbiturate groups is 1. The maximum atomic E-state index is 13.1. The summed E-state index contributed by atoms with van der Waals surface area (Å²) in [6.07, 6.45) is 1.39. The maximum absolute atomic E-state index is 13.1. The third-order valence-corrected chi connectivity index (χ3v) is 6.12. The maximum Gasteiger partial charge on any atom is 0.335 e. The molecule has 0 atom stereocenters. The minimum absolute atomic E-state index is 0.187. The Hall–Kier alpha value is -3.13. The first-order valence-electron chi connectivity index (χ1n) is 10.1. The van der Waals surface area contributed by atoms with E-state index in [-0.39, 0.29) is 5.57 Å². The summed E-state index contributed by atoms with van der Waals surface area (Å²) in [6, 6.07) is 16.5. The second kappa shape index (κ2) is 10.0. The summed E-state index contributed by atoms with van der Waals surface area (Å²) in [5.74, 6) is -1.06. The lowest BCUT2D eigenvalue weighted by molar-refractivity contribution is -0.122. The molecule has 1 aliphatic heterocycles. The van der Waals surface area contributed by atoms with Gasteiger partial charge in [-0.2, -0.15) is 0 Å². The van der Waals surface area contributed by atoms with E-state index in [4.69, 9.17) is 27.9 Å². The van der Waals surface area contributed by atoms with E-state index in [1.807, 2.05) is 12.1 Å². The van der Waals surface area contributed by atoms with Crippen LogP contribution in [-0.4, -0.2) is 17.8 Å². The van der Waals surface area contributed by atoms with Crippen LogP contribution < -0.4 is 15.0 Å². The Labute approximate surface area is 214 Å². The number of carbonyl (C=O) groups is 3. The van der Waals surface area contributed by atoms with Gasteiger partial charge in [-0.1, -0.05) is 57.3 Å². The highest BCUT2D eigenvalue weighted by Crippen LogP contribution is 2.30. The summed E-state index contributed by atoms with van der Waals surface area (Å²) < 4.78 is 6.57. The fourth-order valence-electron chi connectivity index (χ4n) is 3.38. The van der Waals surface area contributed by atoms with Crippen molar-refractivity contribution in [3.8, 4) is 5.75 Å². The number of nitrogens with one attached hydrogen (secondary N) is 1. The fraction of sp³-hybridized carbons (Fsp3) is 0.0800. The molecular formula is C25H17BrCl2N2O4. The molecule has 4 amide bonds. The zero-order valence-electron chi connectivity index (χ0n) is 17.8. The van der Waals surface area contributed by atoms with Gasteiger partial charge >= 0.3 is 6.03 Å². The van der Waals surface area contributed by atoms with E-state index in [0.29, 0.717) is 39.2 Å². The summed E-state index contributed by atoms with van der Waals surface area (Å²) in [4.78, 5) is 39.0. The van der Waals surface area contributed by atoms with Crippen LogP contribution in [0.2, 0.25) is 10.0 Å². The van der Waals surface area contributed by atoms with Crippen molar-refractivity contribution < 1.29 is 19.1 Å². The molecule has 1 heterocycles. The van der Waals surface area contributed by atoms with Crippen LogP contribution in [0.5, 0.6) is 5.75 Å². The number of benzene rings is 3. The van der Waals surface area contributed by atoms with E-state index in [2.05, 4.69) is 21.2 Å². The number of imide groups is 2. The first-order valence-corrected chi connectivity index (χ1v) is 11.6. The van der Waals surface area contributed by atoms with Gasteiger partial charge in [0.25, 0.3) is 11.8 Å². The molecule has 1 N–H and O–H groups in total. The molecule has 6 nitrogen and oxygen atoms in total. The summed E-state index contributed by atoms with van der Waals surface area (Å²) in [5.41, 5.74) is 2.31. The zero-order chi connectivity index (χ0) is 24.4. The number of halogens is 3. The van der Waals surface area contributed by atoms with Gasteiger partial charge in [0.15, 0.2) is 0 Å². The topological polar surface area (TPSA) is 75.7 Å². The van der Waals surface area contributed by atoms with Crippen LogP contribution in [0.3, 0.4) is 0 Å². The molecule has 172 valence electrons. The second-order valence-electron chi connectivity index (χ2n) is 7.49. The van der Waals surface area contributed by atoms with Crippen molar-refractivity contribution in [2.24, 2.45) is 0 Å². The molecule has 0 bridgehead atoms. The zero-order valence-corrected chi connectivity index (χ0v) is 20.9. The highest BCUT2D eigenvalue weighted by atomic mass is 79.9. The Morgan fingerprint density at radius 3 is 2.41 bits per heavy atom. The molecule has 1 fully saturated rings. The molecule has 9 heteroatoms. The number of amides is 4. The van der Waals surface area contributed by atoms with Crippen molar-refractivity contribution >= 4 is 68.7 Å². The SMILES string of the molecule is Cc1cc(Br)ccc1N1C(=O)NC(=O)/C(=C/c2ccc(OCc3ccc(Cl)cc3)c(Cl)c2)C1=O. The monoisotopic (exact) mass is 558 g/mol. The molecule has 0 aliphatic carbocycles. The predicted molar refractivity (Wildman–Crippen MR) is 135 cm³/mol. The minimum atomic E-state index is -0.804. The van der Waals surface area contributed by atoms with Crippen molar-refractivity contribution in [2.45, 2.75) is 13.5 Å². The lowest BCUT2D eigenvalue weighted by Crippen LogP contribution is -2.54. The van der Waals surface area contributed by atoms with Crippen LogP contribution >= 0.6 is 39.1 Å². The van der Waals surface area contributed by atoms with Crippen molar-refractivity contribution in [2.75, 3.05) is 4.90 Å². The van der Waals surface area contributed by atoms with Gasteiger partial charge in [-0.05, 0) is 72.2 Å². The first kappa shape index (κ1) is 24.0. The number of ether oxygens (including phenoxy) is 1. The van der Waals surface area contributed by atoms with Gasteiger partial charge in [0.2, 0.25) is 0 Å². The average Bonchev–Trinajstić information content (AvgIpc) is 2.78. The Morgan fingerprint density at radius 1 is 1.00 bits per heavy atom. The molecule has 1 aliphatic rings. The third kappa shape index (κ3) is 5.17. The summed E-state index contributed by atoms with van der Waals surface area (Å²) in [7, 11) is 0. The van der Waals surface area contributed by atoms with Crippen molar-refractivity contribution in [1.29, 1.82) is 0 Å². The number of rotatable bonds is 5. The van der Waals surface area contributed by atoms with Crippen LogP contribution in [0.4, 0.5) is 10.5 Å². The van der Waals surface area contributed by atoms with E-state index in [1.165, 1.54) is 6.08 Å². The van der Waals surface area contributed by atoms with Gasteiger partial charge in [0, 0.05) is 9.50 Å². The highest BCUT2D eigenvalue weighted by molar-refractivity contribution is 9.10. The van der Waals surface area contributed by atoms with E-state index in [9.17, 15) is 14.4 Å². The number of aryl methyl sites for hydroxylation is 1. The van der Waals surface area contributed by atoms with Crippen LogP contribution in [0.25, 0.3) is 6.08 Å². The Kier molecular flexibility index (Phi) is 7.07. The van der Waals surface area contributed by atoms with Gasteiger partial charge in [-0.3, -0.25) is 14.9 Å². The lowest BCUT2D eigenvalue weighted by Gasteiger charge is -2.27. The molecule has 3 aromatic carbocycles. The number of urea groups is 1. The van der Waals surface area contributed by atoms with E-state index in [0.717, 1.165) is 14.9 Å². The largest absolute Gasteiger partial charge is 0.487 e. The average molecular weight is 560 g/mol. The normalized spacial score (nSPS) is 15.0. The molecule has 0 spiro atoms. The lowest BCUT2D eigenvalue weighted by atomic mass is 10.1. The molecule has 4 rings (SSSR count). The third-order valence-electron chi connectivity index (χ3n) is 5.08. The second-order valence-corrected chi connectivity index (χ2v) is 9.25. The Balaban J connectivity index is 1.57. The molecular weight excluding hydrogens is 543 g/mol. The van der Waals surface area contributed by atoms with Gasteiger partial charge in [0.1, 0.15) is 17.9 Å². The molecule has 0 unspecified atom stereocenters. The highest BCUT2D eigenvalue weighted by Gasteiger charge is 2.37. The van der Waals surface area contributed by atoms with Gasteiger partial charge in [-0.25, -0.2) is 9.69 Å². The molecule has 1 saturated heterocycles. The van der Waals surface area contributed by atoms with Crippen LogP contribution in [0, 0.1) is 6.92 Å². The molecule has 34 heavy (non-hydrogen) atoms. The number of hydrogen-bond acceptors (Lipinski definition) is 4. The predicted octanol–water partition coefficient (Wildman–Crippen LogP) is 6.31. The number of carbonyl (C=O) groups excluding carboxylic acids is 3. The standard InChI is InChI=1S/C25H17BrCl2N2O4/c1-14-10-17(26)5-8-21(14)30-24(32)19(23(31)29-25(30)33)11-16-4-9-22(20(28)12-16)34-13-15-2-6-18(27)7-3-15/h2-12H,13H2,1H3,(H,29,31,33)/b19-11-. The first-order chi connectivity index (χ1) is 16.2. The van der Waals surface area contributed by atoms with Crippen LogP contribution in [0.1, 0.15) is 16.7 Å². The Bertz CT molecular complexity index is 1340. The van der Waals surface area contributed by atoms with E-state index >= 15 is 0 Å². The number of nitrogens with zero attached hydrogens (tertiary/aromatic N) is 1. The van der Waals surface area contributed by atoms with Gasteiger partial charge in [0.05, 0.1) is 10.7 Å². The van der Waals surface area contributed by atoms with Crippen molar-refractivity contribution in [1.82, 2.24) is 5.32 Å². The number of hydrogen-bond donors (Lipinski definition) is 1. The summed E-state index contributed by atoms with van der Waals surface area (Å²) in [5, 5.41) is 3.16.